The normalized spacial score (nSPS) is 18.2. The summed E-state index contributed by atoms with van der Waals surface area (Å²) in [5.74, 6) is 0. The molecule has 0 spiro atoms. The molecule has 0 bridgehead atoms. The first-order chi connectivity index (χ1) is 13.2. The van der Waals surface area contributed by atoms with Crippen LogP contribution in [0.1, 0.15) is 0 Å². The third-order valence-corrected chi connectivity index (χ3v) is 2020. The van der Waals surface area contributed by atoms with Crippen molar-refractivity contribution in [3.63, 3.8) is 0 Å². The molecule has 204 valence electrons. The number of rotatable bonds is 13. The second kappa shape index (κ2) is 29.8. The number of hydrogen-bond donors (Lipinski definition) is 0. The number of hydrogen-bond acceptors (Lipinski definition) is 0. The fourth-order valence-corrected chi connectivity index (χ4v) is 4690. The topological polar surface area (TPSA) is 0 Å². The van der Waals surface area contributed by atoms with Crippen LogP contribution in [0.15, 0.2) is 0 Å². The molecule has 0 radical (unpaired) electrons. The van der Waals surface area contributed by atoms with Crippen molar-refractivity contribution in [3.8, 4) is 0 Å². The van der Waals surface area contributed by atoms with Crippen molar-refractivity contribution in [1.82, 2.24) is 0 Å². The Balaban J connectivity index is 5.13. The van der Waals surface area contributed by atoms with E-state index in [9.17, 15) is 0 Å². The summed E-state index contributed by atoms with van der Waals surface area (Å²) in [6.45, 7) is 0. The molecule has 0 saturated heterocycles. The van der Waals surface area contributed by atoms with E-state index in [0.29, 0.717) is 17.2 Å². The summed E-state index contributed by atoms with van der Waals surface area (Å²) < 4.78 is 0. The van der Waals surface area contributed by atoms with Crippen LogP contribution in [0.25, 0.3) is 0 Å². The van der Waals surface area contributed by atoms with Gasteiger partial charge in [-0.25, -0.2) is 0 Å². The first-order valence-electron chi connectivity index (χ1n) is 4.24. The number of halogens is 28. The Bertz CT molecular complexity index is 430. The average Bonchev–Trinajstić information content (AvgIpc) is 2.72. The second-order valence-corrected chi connectivity index (χ2v) is 642. The molecule has 0 aliphatic rings. The number of alkyl halides is 1. The molecule has 0 atom stereocenters. The van der Waals surface area contributed by atoms with Crippen molar-refractivity contribution in [2.45, 2.75) is 0 Å². The Morgan fingerprint density at radius 2 is 0.552 bits per heavy atom. The molecule has 0 aliphatic heterocycles. The molecule has 0 fully saturated rings. The Morgan fingerprint density at radius 1 is 0.345 bits per heavy atom. The van der Waals surface area contributed by atoms with E-state index in [4.69, 9.17) is 0 Å². The van der Waals surface area contributed by atoms with Crippen LogP contribution >= 0.6 is 363 Å². The third-order valence-electron chi connectivity index (χ3n) is 1.09. The van der Waals surface area contributed by atoms with Crippen LogP contribution in [0.5, 0.6) is 0 Å². The summed E-state index contributed by atoms with van der Waals surface area (Å²) in [4.78, 5) is 2.64. The van der Waals surface area contributed by atoms with E-state index in [1.165, 1.54) is 0 Å². The molecule has 28 heteroatoms. The van der Waals surface area contributed by atoms with Gasteiger partial charge < -0.3 is 0 Å². The monoisotopic (exact) mass is 3570 g/mol. The fraction of sp³-hybridized carbons (Fsp3) is 1.00. The Kier molecular flexibility index (Phi) is 50.9. The van der Waals surface area contributed by atoms with Crippen LogP contribution in [0.2, 0.25) is 0 Å². The Labute approximate surface area is 363 Å². The summed E-state index contributed by atoms with van der Waals surface area (Å²) in [7, 11) is -5.72. The SMILES string of the molecule is C[I-]I(I)I(I)I(I)I(I)I(I)I(I)I(I)I(I)I(I)I(I)I(I)I(I)I(I)I. The zero-order valence-electron chi connectivity index (χ0n) is 11.6. The molecule has 0 saturated carbocycles. The summed E-state index contributed by atoms with van der Waals surface area (Å²) in [6, 6.07) is 0. The molecule has 0 aromatic rings. The van der Waals surface area contributed by atoms with Crippen molar-refractivity contribution in [2.75, 3.05) is 4.93 Å². The summed E-state index contributed by atoms with van der Waals surface area (Å²) >= 11 is 45.0. The van der Waals surface area contributed by atoms with Crippen molar-refractivity contribution in [1.29, 1.82) is 0 Å². The minimum atomic E-state index is -0.474. The molecule has 0 aromatic heterocycles. The molecule has 0 heterocycles. The van der Waals surface area contributed by atoms with Crippen molar-refractivity contribution >= 4 is 363 Å². The first kappa shape index (κ1) is 49.4. The van der Waals surface area contributed by atoms with Gasteiger partial charge >= 0.3 is 385 Å². The zero-order chi connectivity index (χ0) is 23.2. The molecular formula is CH3I28-. The van der Waals surface area contributed by atoms with Gasteiger partial charge in [0.2, 0.25) is 0 Å². The molecule has 0 unspecified atom stereocenters. The van der Waals surface area contributed by atoms with E-state index in [-0.39, 0.29) is 15.8 Å². The van der Waals surface area contributed by atoms with E-state index in [0.717, 1.165) is 0 Å². The van der Waals surface area contributed by atoms with Crippen LogP contribution in [0.4, 0.5) is 0 Å². The van der Waals surface area contributed by atoms with Gasteiger partial charge in [-0.15, -0.1) is 0 Å². The maximum absolute atomic E-state index is 3.27. The van der Waals surface area contributed by atoms with Crippen LogP contribution in [-0.2, 0) is 0 Å². The van der Waals surface area contributed by atoms with E-state index >= 15 is 0 Å². The summed E-state index contributed by atoms with van der Waals surface area (Å²) in [5, 5.41) is 0. The zero-order valence-corrected chi connectivity index (χ0v) is 72.0. The van der Waals surface area contributed by atoms with Crippen LogP contribution in [0.3, 0.4) is 0 Å². The second-order valence-electron chi connectivity index (χ2n) is 2.25. The maximum atomic E-state index is 3.27. The first-order valence-corrected chi connectivity index (χ1v) is 176. The molecule has 0 nitrogen and oxygen atoms in total. The van der Waals surface area contributed by atoms with Gasteiger partial charge in [-0.1, -0.05) is 0 Å². The van der Waals surface area contributed by atoms with Crippen LogP contribution < -0.4 is 17.2 Å². The molecule has 0 amide bonds. The van der Waals surface area contributed by atoms with Gasteiger partial charge in [0.1, 0.15) is 0 Å². The molecule has 0 rings (SSSR count). The van der Waals surface area contributed by atoms with Gasteiger partial charge in [-0.3, -0.25) is 0 Å². The van der Waals surface area contributed by atoms with Crippen molar-refractivity contribution < 1.29 is 17.2 Å². The van der Waals surface area contributed by atoms with E-state index in [2.05, 4.69) is 266 Å². The third kappa shape index (κ3) is 21.1. The predicted molar refractivity (Wildman–Crippen MR) is 384 cm³/mol. The minimum absolute atomic E-state index is 0.347. The molecule has 0 aliphatic carbocycles. The Morgan fingerprint density at radius 3 is 0.759 bits per heavy atom. The predicted octanol–water partition coefficient (Wildman–Crippen LogP) is 21.1. The summed E-state index contributed by atoms with van der Waals surface area (Å²) in [6.07, 6.45) is 0. The van der Waals surface area contributed by atoms with Crippen LogP contribution in [0, 0.1) is 0 Å². The van der Waals surface area contributed by atoms with E-state index in [1.807, 2.05) is 0 Å². The molecular weight excluding hydrogens is 3570 g/mol. The van der Waals surface area contributed by atoms with Crippen molar-refractivity contribution in [2.24, 2.45) is 0 Å². The standard InChI is InChI=1S/CH3I28/c1-16-18(4)20(6)22(8)24(10)26(12)28(14)29(15)27(13)25(11)23(9)21(7)19(5)17(2)3/h1H3/q-1. The quantitative estimate of drug-likeness (QED) is 0.127. The van der Waals surface area contributed by atoms with E-state index < -0.39 is 86.8 Å². The van der Waals surface area contributed by atoms with Crippen LogP contribution in [-0.4, -0.2) is 4.93 Å². The van der Waals surface area contributed by atoms with Gasteiger partial charge in [0, 0.05) is 0 Å². The average molecular weight is 3570 g/mol. The fourth-order valence-electron chi connectivity index (χ4n) is 0.380. The van der Waals surface area contributed by atoms with Gasteiger partial charge in [-0.05, 0) is 0 Å². The van der Waals surface area contributed by atoms with Gasteiger partial charge in [0.05, 0.1) is 0 Å². The van der Waals surface area contributed by atoms with Crippen molar-refractivity contribution in [3.05, 3.63) is 0 Å². The molecule has 0 aromatic carbocycles. The Hall–Kier alpha value is 20.4. The van der Waals surface area contributed by atoms with Gasteiger partial charge in [-0.2, -0.15) is 0 Å². The molecule has 29 heavy (non-hydrogen) atoms. The van der Waals surface area contributed by atoms with Gasteiger partial charge in [0.15, 0.2) is 0 Å². The summed E-state index contributed by atoms with van der Waals surface area (Å²) in [5.41, 5.74) is 0. The van der Waals surface area contributed by atoms with E-state index in [1.54, 1.807) is 0 Å². The van der Waals surface area contributed by atoms with Gasteiger partial charge in [0.25, 0.3) is 0 Å². The molecule has 0 N–H and O–H groups in total.